The van der Waals surface area contributed by atoms with Crippen LogP contribution < -0.4 is 10.2 Å². The maximum Gasteiger partial charge on any atom is 0.278 e. The van der Waals surface area contributed by atoms with Gasteiger partial charge in [-0.1, -0.05) is 32.0 Å². The molecule has 0 saturated carbocycles. The minimum Gasteiger partial charge on any atom is -0.497 e. The second kappa shape index (κ2) is 9.34. The molecule has 0 atom stereocenters. The highest BCUT2D eigenvalue weighted by atomic mass is 19.1. The van der Waals surface area contributed by atoms with E-state index >= 15 is 0 Å². The van der Waals surface area contributed by atoms with Crippen LogP contribution in [0.3, 0.4) is 0 Å². The minimum absolute atomic E-state index is 0.216. The van der Waals surface area contributed by atoms with E-state index in [1.165, 1.54) is 16.8 Å². The van der Waals surface area contributed by atoms with Crippen LogP contribution in [-0.2, 0) is 17.9 Å². The number of nitrogens with one attached hydrogen (secondary N) is 1. The summed E-state index contributed by atoms with van der Waals surface area (Å²) in [5, 5.41) is 4.49. The minimum atomic E-state index is -0.392. The molecule has 0 radical (unpaired) electrons. The Hall–Kier alpha value is -3.19. The van der Waals surface area contributed by atoms with Crippen LogP contribution in [0.4, 0.5) is 4.39 Å². The predicted molar refractivity (Wildman–Crippen MR) is 107 cm³/mol. The van der Waals surface area contributed by atoms with Crippen LogP contribution in [0.25, 0.3) is 5.69 Å². The molecule has 0 fully saturated rings. The molecule has 0 spiro atoms. The van der Waals surface area contributed by atoms with Crippen LogP contribution in [0, 0.1) is 11.7 Å². The Kier molecular flexibility index (Phi) is 6.61. The van der Waals surface area contributed by atoms with Gasteiger partial charge in [0.1, 0.15) is 11.6 Å². The molecular weight excluding hydrogens is 373 g/mol. The first-order valence-electron chi connectivity index (χ1n) is 9.36. The lowest BCUT2D eigenvalue weighted by Gasteiger charge is -2.07. The molecular formula is C22H24FN3O3. The summed E-state index contributed by atoms with van der Waals surface area (Å²) >= 11 is 0. The van der Waals surface area contributed by atoms with E-state index in [9.17, 15) is 9.18 Å². The van der Waals surface area contributed by atoms with Gasteiger partial charge in [0, 0.05) is 6.20 Å². The number of hydrogen-bond donors (Lipinski definition) is 1. The third kappa shape index (κ3) is 5.42. The van der Waals surface area contributed by atoms with Crippen molar-refractivity contribution in [1.29, 1.82) is 0 Å². The van der Waals surface area contributed by atoms with Crippen LogP contribution in [0.2, 0.25) is 0 Å². The number of hydrogen-bond acceptors (Lipinski definition) is 4. The molecule has 0 aliphatic rings. The molecule has 3 rings (SSSR count). The molecule has 7 heteroatoms. The number of benzene rings is 2. The van der Waals surface area contributed by atoms with E-state index in [-0.39, 0.29) is 12.4 Å². The summed E-state index contributed by atoms with van der Waals surface area (Å²) in [6.07, 6.45) is 2.21. The standard InChI is InChI=1S/C22H24FN3O3/c1-15(2)11-21-20(13-26(24-21)18-6-4-5-17(23)12-18)22(27)25-29-14-16-7-9-19(28-3)10-8-16/h4-10,12-13,15H,11,14H2,1-3H3,(H,25,27). The molecule has 0 saturated heterocycles. The van der Waals surface area contributed by atoms with E-state index in [1.807, 2.05) is 38.1 Å². The van der Waals surface area contributed by atoms with Gasteiger partial charge < -0.3 is 4.74 Å². The lowest BCUT2D eigenvalue weighted by molar-refractivity contribution is 0.0232. The molecule has 0 bridgehead atoms. The fourth-order valence-electron chi connectivity index (χ4n) is 2.85. The topological polar surface area (TPSA) is 65.4 Å². The molecule has 0 unspecified atom stereocenters. The van der Waals surface area contributed by atoms with Gasteiger partial charge in [-0.3, -0.25) is 9.63 Å². The molecule has 1 aromatic heterocycles. The average molecular weight is 397 g/mol. The van der Waals surface area contributed by atoms with Gasteiger partial charge in [-0.05, 0) is 48.2 Å². The smallest absolute Gasteiger partial charge is 0.278 e. The maximum absolute atomic E-state index is 13.6. The van der Waals surface area contributed by atoms with E-state index in [0.717, 1.165) is 11.3 Å². The normalized spacial score (nSPS) is 10.9. The van der Waals surface area contributed by atoms with Crippen molar-refractivity contribution in [3.05, 3.63) is 77.4 Å². The van der Waals surface area contributed by atoms with Gasteiger partial charge in [-0.15, -0.1) is 0 Å². The SMILES string of the molecule is COc1ccc(CONC(=O)c2cn(-c3cccc(F)c3)nc2CC(C)C)cc1. The summed E-state index contributed by atoms with van der Waals surface area (Å²) < 4.78 is 20.2. The predicted octanol–water partition coefficient (Wildman–Crippen LogP) is 4.08. The zero-order valence-electron chi connectivity index (χ0n) is 16.7. The van der Waals surface area contributed by atoms with Crippen LogP contribution in [-0.4, -0.2) is 22.8 Å². The van der Waals surface area contributed by atoms with Gasteiger partial charge in [-0.25, -0.2) is 14.6 Å². The number of rotatable bonds is 8. The third-order valence-corrected chi connectivity index (χ3v) is 4.27. The van der Waals surface area contributed by atoms with Crippen molar-refractivity contribution < 1.29 is 18.8 Å². The van der Waals surface area contributed by atoms with Crippen LogP contribution in [0.15, 0.2) is 54.7 Å². The summed E-state index contributed by atoms with van der Waals surface area (Å²) in [5.74, 6) is 0.299. The lowest BCUT2D eigenvalue weighted by atomic mass is 10.1. The van der Waals surface area contributed by atoms with Crippen LogP contribution in [0.1, 0.15) is 35.5 Å². The molecule has 6 nitrogen and oxygen atoms in total. The molecule has 0 aliphatic carbocycles. The van der Waals surface area contributed by atoms with Crippen LogP contribution in [0.5, 0.6) is 5.75 Å². The van der Waals surface area contributed by atoms with Crippen molar-refractivity contribution in [2.24, 2.45) is 5.92 Å². The van der Waals surface area contributed by atoms with E-state index in [4.69, 9.17) is 9.57 Å². The molecule has 2 aromatic carbocycles. The molecule has 1 N–H and O–H groups in total. The Morgan fingerprint density at radius 2 is 1.97 bits per heavy atom. The van der Waals surface area contributed by atoms with Crippen molar-refractivity contribution in [3.8, 4) is 11.4 Å². The Morgan fingerprint density at radius 1 is 1.21 bits per heavy atom. The second-order valence-corrected chi connectivity index (χ2v) is 7.08. The first-order valence-corrected chi connectivity index (χ1v) is 9.36. The second-order valence-electron chi connectivity index (χ2n) is 7.08. The maximum atomic E-state index is 13.6. The van der Waals surface area contributed by atoms with Gasteiger partial charge in [0.2, 0.25) is 0 Å². The fourth-order valence-corrected chi connectivity index (χ4v) is 2.85. The molecule has 0 aliphatic heterocycles. The summed E-state index contributed by atoms with van der Waals surface area (Å²) in [7, 11) is 1.60. The van der Waals surface area contributed by atoms with Crippen molar-refractivity contribution in [3.63, 3.8) is 0 Å². The zero-order valence-corrected chi connectivity index (χ0v) is 16.7. The monoisotopic (exact) mass is 397 g/mol. The number of carbonyl (C=O) groups is 1. The van der Waals surface area contributed by atoms with Gasteiger partial charge in [0.25, 0.3) is 5.91 Å². The highest BCUT2D eigenvalue weighted by Gasteiger charge is 2.18. The average Bonchev–Trinajstić information content (AvgIpc) is 3.11. The van der Waals surface area contributed by atoms with E-state index in [2.05, 4.69) is 10.6 Å². The summed E-state index contributed by atoms with van der Waals surface area (Å²) in [6.45, 7) is 4.30. The Morgan fingerprint density at radius 3 is 2.62 bits per heavy atom. The summed E-state index contributed by atoms with van der Waals surface area (Å²) in [4.78, 5) is 18.0. The van der Waals surface area contributed by atoms with Crippen molar-refractivity contribution in [1.82, 2.24) is 15.3 Å². The number of ether oxygens (including phenoxy) is 1. The van der Waals surface area contributed by atoms with Crippen molar-refractivity contribution in [2.75, 3.05) is 7.11 Å². The first kappa shape index (κ1) is 20.5. The largest absolute Gasteiger partial charge is 0.497 e. The van der Waals surface area contributed by atoms with E-state index in [1.54, 1.807) is 25.4 Å². The zero-order chi connectivity index (χ0) is 20.8. The Labute approximate surface area is 169 Å². The molecule has 3 aromatic rings. The van der Waals surface area contributed by atoms with Gasteiger partial charge >= 0.3 is 0 Å². The van der Waals surface area contributed by atoms with E-state index < -0.39 is 5.91 Å². The third-order valence-electron chi connectivity index (χ3n) is 4.27. The molecule has 1 amide bonds. The molecule has 1 heterocycles. The number of amides is 1. The molecule has 152 valence electrons. The fraction of sp³-hybridized carbons (Fsp3) is 0.273. The highest BCUT2D eigenvalue weighted by Crippen LogP contribution is 2.17. The van der Waals surface area contributed by atoms with Gasteiger partial charge in [0.05, 0.1) is 30.7 Å². The number of nitrogens with zero attached hydrogens (tertiary/aromatic N) is 2. The number of hydroxylamine groups is 1. The van der Waals surface area contributed by atoms with Crippen molar-refractivity contribution >= 4 is 5.91 Å². The first-order chi connectivity index (χ1) is 14.0. The summed E-state index contributed by atoms with van der Waals surface area (Å²) in [6, 6.07) is 13.4. The van der Waals surface area contributed by atoms with Crippen molar-refractivity contribution in [2.45, 2.75) is 26.9 Å². The van der Waals surface area contributed by atoms with Gasteiger partial charge in [0.15, 0.2) is 0 Å². The van der Waals surface area contributed by atoms with Crippen LogP contribution >= 0.6 is 0 Å². The number of methoxy groups -OCH3 is 1. The summed E-state index contributed by atoms with van der Waals surface area (Å²) in [5.41, 5.74) is 4.94. The number of carbonyl (C=O) groups excluding carboxylic acids is 1. The number of aromatic nitrogens is 2. The highest BCUT2D eigenvalue weighted by molar-refractivity contribution is 5.94. The number of halogens is 1. The Balaban J connectivity index is 1.72. The molecule has 29 heavy (non-hydrogen) atoms. The Bertz CT molecular complexity index is 968. The van der Waals surface area contributed by atoms with Gasteiger partial charge in [-0.2, -0.15) is 5.10 Å². The quantitative estimate of drug-likeness (QED) is 0.582. The van der Waals surface area contributed by atoms with E-state index in [0.29, 0.717) is 29.3 Å². The lowest BCUT2D eigenvalue weighted by Crippen LogP contribution is -2.24.